The Morgan fingerprint density at radius 3 is 1.14 bits per heavy atom. The Bertz CT molecular complexity index is 962. The number of ether oxygens (including phenoxy) is 2. The third-order valence-electron chi connectivity index (χ3n) is 10.4. The molecule has 0 radical (unpaired) electrons. The molecular weight excluding hydrogens is 723 g/mol. The van der Waals surface area contributed by atoms with Gasteiger partial charge in [0.25, 0.3) is 0 Å². The van der Waals surface area contributed by atoms with Crippen molar-refractivity contribution in [2.24, 2.45) is 0 Å². The molecule has 0 unspecified atom stereocenters. The molecule has 0 aromatic carbocycles. The van der Waals surface area contributed by atoms with Crippen molar-refractivity contribution in [1.82, 2.24) is 0 Å². The van der Waals surface area contributed by atoms with Crippen LogP contribution in [0.5, 0.6) is 0 Å². The topological polar surface area (TPSA) is 119 Å². The van der Waals surface area contributed by atoms with E-state index in [2.05, 4.69) is 42.7 Å². The second-order valence-electron chi connectivity index (χ2n) is 16.1. The summed E-state index contributed by atoms with van der Waals surface area (Å²) in [5.74, 6) is -0.930. The van der Waals surface area contributed by atoms with Gasteiger partial charge >= 0.3 is 19.8 Å². The number of hydrogen-bond donors (Lipinski definition) is 2. The lowest BCUT2D eigenvalue weighted by atomic mass is 10.0. The van der Waals surface area contributed by atoms with Crippen molar-refractivity contribution in [3.63, 3.8) is 0 Å². The fourth-order valence-electron chi connectivity index (χ4n) is 6.90. The molecule has 1 atom stereocenters. The molecule has 0 aliphatic heterocycles. The Kier molecular flexibility index (Phi) is 42.0. The average Bonchev–Trinajstić information content (AvgIpc) is 3.17. The Labute approximate surface area is 345 Å². The lowest BCUT2D eigenvalue weighted by Crippen LogP contribution is -2.29. The van der Waals surface area contributed by atoms with Crippen LogP contribution in [-0.2, 0) is 28.2 Å². The molecule has 0 saturated carbocycles. The van der Waals surface area contributed by atoms with Crippen LogP contribution in [0.25, 0.3) is 0 Å². The van der Waals surface area contributed by atoms with Crippen molar-refractivity contribution in [2.75, 3.05) is 13.2 Å². The van der Waals surface area contributed by atoms with E-state index in [0.717, 1.165) is 38.5 Å². The molecule has 0 aliphatic carbocycles. The quantitative estimate of drug-likeness (QED) is 0.0270. The van der Waals surface area contributed by atoms with E-state index in [4.69, 9.17) is 19.3 Å². The van der Waals surface area contributed by atoms with Gasteiger partial charge in [-0.25, -0.2) is 4.57 Å². The van der Waals surface area contributed by atoms with Crippen molar-refractivity contribution in [3.8, 4) is 0 Å². The summed E-state index contributed by atoms with van der Waals surface area (Å²) in [4.78, 5) is 42.9. The highest BCUT2D eigenvalue weighted by Crippen LogP contribution is 2.36. The molecule has 2 N–H and O–H groups in total. The Balaban J connectivity index is 3.85. The second kappa shape index (κ2) is 43.1. The van der Waals surface area contributed by atoms with Crippen molar-refractivity contribution in [1.29, 1.82) is 0 Å². The number of phosphoric ester groups is 1. The Morgan fingerprint density at radius 2 is 0.768 bits per heavy atom. The van der Waals surface area contributed by atoms with E-state index in [1.165, 1.54) is 167 Å². The SMILES string of the molecule is CCCCCCCCCC/C=C/CCCCCC(=O)O[C@H](COC(=O)CCC/C=C/CCCCCCCCCCCCCCCCCCCC)COP(=O)(O)O. The Morgan fingerprint density at radius 1 is 0.446 bits per heavy atom. The number of unbranched alkanes of at least 4 members (excludes halogenated alkanes) is 30. The first-order valence-corrected chi connectivity index (χ1v) is 25.2. The third-order valence-corrected chi connectivity index (χ3v) is 10.9. The van der Waals surface area contributed by atoms with Crippen molar-refractivity contribution < 1.29 is 37.9 Å². The monoisotopic (exact) mass is 813 g/mol. The van der Waals surface area contributed by atoms with Crippen molar-refractivity contribution in [2.45, 2.75) is 251 Å². The van der Waals surface area contributed by atoms with Gasteiger partial charge in [-0.05, 0) is 57.8 Å². The first kappa shape index (κ1) is 54.5. The van der Waals surface area contributed by atoms with Crippen molar-refractivity contribution >= 4 is 19.8 Å². The summed E-state index contributed by atoms with van der Waals surface area (Å²) in [6, 6.07) is 0. The minimum absolute atomic E-state index is 0.189. The van der Waals surface area contributed by atoms with Crippen LogP contribution < -0.4 is 0 Å². The van der Waals surface area contributed by atoms with Gasteiger partial charge in [0.15, 0.2) is 6.10 Å². The van der Waals surface area contributed by atoms with Gasteiger partial charge in [0, 0.05) is 12.8 Å². The molecule has 0 saturated heterocycles. The number of allylic oxidation sites excluding steroid dienone is 4. The summed E-state index contributed by atoms with van der Waals surface area (Å²) in [7, 11) is -4.76. The molecule has 56 heavy (non-hydrogen) atoms. The predicted molar refractivity (Wildman–Crippen MR) is 235 cm³/mol. The number of carbonyl (C=O) groups is 2. The molecule has 0 aromatic heterocycles. The number of hydrogen-bond acceptors (Lipinski definition) is 6. The van der Waals surface area contributed by atoms with Gasteiger partial charge in [-0.15, -0.1) is 0 Å². The molecule has 8 nitrogen and oxygen atoms in total. The van der Waals surface area contributed by atoms with Crippen LogP contribution >= 0.6 is 7.82 Å². The van der Waals surface area contributed by atoms with Gasteiger partial charge in [0.2, 0.25) is 0 Å². The molecule has 0 rings (SSSR count). The summed E-state index contributed by atoms with van der Waals surface area (Å²) in [5, 5.41) is 0. The van der Waals surface area contributed by atoms with Gasteiger partial charge in [-0.1, -0.05) is 199 Å². The fraction of sp³-hybridized carbons (Fsp3) is 0.872. The van der Waals surface area contributed by atoms with Crippen LogP contribution in [0.3, 0.4) is 0 Å². The van der Waals surface area contributed by atoms with Crippen LogP contribution in [0.1, 0.15) is 245 Å². The first-order chi connectivity index (χ1) is 27.3. The highest BCUT2D eigenvalue weighted by molar-refractivity contribution is 7.46. The minimum atomic E-state index is -4.76. The summed E-state index contributed by atoms with van der Waals surface area (Å²) in [6.45, 7) is 3.68. The van der Waals surface area contributed by atoms with Crippen LogP contribution in [0.15, 0.2) is 24.3 Å². The Hall–Kier alpha value is -1.47. The highest BCUT2D eigenvalue weighted by Gasteiger charge is 2.22. The van der Waals surface area contributed by atoms with Gasteiger partial charge < -0.3 is 19.3 Å². The lowest BCUT2D eigenvalue weighted by molar-refractivity contribution is -0.161. The molecule has 0 fully saturated rings. The molecule has 0 amide bonds. The number of carbonyl (C=O) groups excluding carboxylic acids is 2. The van der Waals surface area contributed by atoms with Crippen molar-refractivity contribution in [3.05, 3.63) is 24.3 Å². The average molecular weight is 813 g/mol. The van der Waals surface area contributed by atoms with Gasteiger partial charge in [-0.2, -0.15) is 0 Å². The first-order valence-electron chi connectivity index (χ1n) is 23.6. The lowest BCUT2D eigenvalue weighted by Gasteiger charge is -2.18. The molecule has 0 aliphatic rings. The van der Waals surface area contributed by atoms with Gasteiger partial charge in [0.05, 0.1) is 6.61 Å². The summed E-state index contributed by atoms with van der Waals surface area (Å²) in [6.07, 6.45) is 50.7. The standard InChI is InChI=1S/C47H89O8P/c1-3-5-7-9-11-13-15-17-19-20-21-22-23-24-25-26-28-29-31-33-35-37-39-41-46(48)53-43-45(44-54-56(50,51)52)55-47(49)42-40-38-36-34-32-30-27-18-16-14-12-10-8-6-4-2/h30,32-33,35,45H,3-29,31,34,36-44H2,1-2H3,(H2,50,51,52)/b32-30+,35-33+/t45-/m1/s1. The van der Waals surface area contributed by atoms with E-state index in [1.54, 1.807) is 0 Å². The van der Waals surface area contributed by atoms with E-state index in [0.29, 0.717) is 12.8 Å². The van der Waals surface area contributed by atoms with E-state index < -0.39 is 32.5 Å². The zero-order chi connectivity index (χ0) is 41.1. The van der Waals surface area contributed by atoms with Crippen LogP contribution in [-0.4, -0.2) is 41.0 Å². The number of rotatable bonds is 44. The second-order valence-corrected chi connectivity index (χ2v) is 17.3. The predicted octanol–water partition coefficient (Wildman–Crippen LogP) is 14.7. The summed E-state index contributed by atoms with van der Waals surface area (Å²) < 4.78 is 26.4. The number of esters is 2. The largest absolute Gasteiger partial charge is 0.469 e. The maximum Gasteiger partial charge on any atom is 0.469 e. The third kappa shape index (κ3) is 45.2. The zero-order valence-corrected chi connectivity index (χ0v) is 37.4. The minimum Gasteiger partial charge on any atom is -0.462 e. The smallest absolute Gasteiger partial charge is 0.462 e. The summed E-state index contributed by atoms with van der Waals surface area (Å²) >= 11 is 0. The normalized spacial score (nSPS) is 12.6. The van der Waals surface area contributed by atoms with Gasteiger partial charge in [0.1, 0.15) is 6.61 Å². The van der Waals surface area contributed by atoms with Crippen LogP contribution in [0.2, 0.25) is 0 Å². The number of phosphoric acid groups is 1. The molecule has 0 aromatic rings. The van der Waals surface area contributed by atoms with E-state index in [1.807, 2.05) is 0 Å². The maximum absolute atomic E-state index is 12.4. The molecule has 0 bridgehead atoms. The zero-order valence-electron chi connectivity index (χ0n) is 36.5. The van der Waals surface area contributed by atoms with Gasteiger partial charge in [-0.3, -0.25) is 14.1 Å². The van der Waals surface area contributed by atoms with E-state index in [-0.39, 0.29) is 19.4 Å². The fourth-order valence-corrected chi connectivity index (χ4v) is 7.26. The molecule has 0 heterocycles. The maximum atomic E-state index is 12.4. The van der Waals surface area contributed by atoms with E-state index in [9.17, 15) is 14.2 Å². The summed E-state index contributed by atoms with van der Waals surface area (Å²) in [5.41, 5.74) is 0. The molecule has 330 valence electrons. The van der Waals surface area contributed by atoms with E-state index >= 15 is 0 Å². The molecule has 0 spiro atoms. The molecular formula is C47H89O8P. The van der Waals surface area contributed by atoms with Crippen LogP contribution in [0, 0.1) is 0 Å². The highest BCUT2D eigenvalue weighted by atomic mass is 31.2. The molecule has 9 heteroatoms. The van der Waals surface area contributed by atoms with Crippen LogP contribution in [0.4, 0.5) is 0 Å².